The van der Waals surface area contributed by atoms with E-state index in [4.69, 9.17) is 9.78 Å². The fourth-order valence-electron chi connectivity index (χ4n) is 1.13. The van der Waals surface area contributed by atoms with Crippen LogP contribution in [0.2, 0.25) is 0 Å². The van der Waals surface area contributed by atoms with Crippen LogP contribution in [0, 0.1) is 0 Å². The van der Waals surface area contributed by atoms with Gasteiger partial charge in [0.15, 0.2) is 0 Å². The van der Waals surface area contributed by atoms with E-state index < -0.39 is 17.2 Å². The van der Waals surface area contributed by atoms with Crippen molar-refractivity contribution in [2.24, 2.45) is 0 Å². The monoisotopic (exact) mass is 237 g/mol. The number of carboxylic acid groups (broad SMARTS) is 1. The minimum atomic E-state index is -1.48. The summed E-state index contributed by atoms with van der Waals surface area (Å²) < 4.78 is 0. The third kappa shape index (κ3) is 3.54. The molecule has 0 amide bonds. The Hall–Kier alpha value is -1.39. The summed E-state index contributed by atoms with van der Waals surface area (Å²) in [4.78, 5) is 20.9. The first-order valence-corrected chi connectivity index (χ1v) is 5.39. The predicted molar refractivity (Wildman–Crippen MR) is 60.7 cm³/mol. The summed E-state index contributed by atoms with van der Waals surface area (Å²) in [7, 11) is 0. The molecule has 0 saturated carbocycles. The molecule has 0 bridgehead atoms. The van der Waals surface area contributed by atoms with Crippen molar-refractivity contribution in [3.8, 4) is 0 Å². The molecule has 4 heteroatoms. The number of carbonyl (C=O) groups excluding carboxylic acids is 1. The summed E-state index contributed by atoms with van der Waals surface area (Å²) in [5.74, 6) is -1.32. The van der Waals surface area contributed by atoms with Gasteiger partial charge in [-0.2, -0.15) is 0 Å². The van der Waals surface area contributed by atoms with E-state index in [0.29, 0.717) is 0 Å². The molecule has 0 saturated heterocycles. The van der Waals surface area contributed by atoms with Crippen LogP contribution in [-0.4, -0.2) is 11.6 Å². The van der Waals surface area contributed by atoms with Crippen LogP contribution in [0.4, 0.5) is 0 Å². The largest absolute Gasteiger partial charge is 0.547 e. The van der Waals surface area contributed by atoms with Gasteiger partial charge < -0.3 is 9.90 Å². The van der Waals surface area contributed by atoms with Gasteiger partial charge >= 0.3 is 0 Å². The maximum atomic E-state index is 10.8. The van der Waals surface area contributed by atoms with Crippen molar-refractivity contribution < 1.29 is 19.7 Å². The molecule has 0 aliphatic heterocycles. The molecule has 0 atom stereocenters. The molecule has 4 nitrogen and oxygen atoms in total. The summed E-state index contributed by atoms with van der Waals surface area (Å²) in [6.45, 7) is 6.36. The molecule has 0 aliphatic carbocycles. The van der Waals surface area contributed by atoms with Crippen LogP contribution in [0.15, 0.2) is 30.3 Å². The molecule has 0 unspecified atom stereocenters. The maximum Gasteiger partial charge on any atom is 0.137 e. The number of hydrogen-bond donors (Lipinski definition) is 0. The van der Waals surface area contributed by atoms with Gasteiger partial charge in [0.05, 0.1) is 5.97 Å². The molecule has 0 heterocycles. The highest BCUT2D eigenvalue weighted by Crippen LogP contribution is 2.26. The highest BCUT2D eigenvalue weighted by molar-refractivity contribution is 5.73. The van der Waals surface area contributed by atoms with E-state index in [1.165, 1.54) is 13.8 Å². The Kier molecular flexibility index (Phi) is 3.91. The van der Waals surface area contributed by atoms with Crippen molar-refractivity contribution in [1.82, 2.24) is 0 Å². The molecular formula is C13H17O4-. The Bertz CT molecular complexity index is 382. The van der Waals surface area contributed by atoms with E-state index in [2.05, 4.69) is 0 Å². The molecule has 17 heavy (non-hydrogen) atoms. The van der Waals surface area contributed by atoms with Crippen LogP contribution in [0.1, 0.15) is 33.3 Å². The normalized spacial score (nSPS) is 12.5. The average molecular weight is 237 g/mol. The van der Waals surface area contributed by atoms with Gasteiger partial charge in [-0.25, -0.2) is 9.78 Å². The lowest BCUT2D eigenvalue weighted by atomic mass is 9.99. The Balaban J connectivity index is 2.72. The van der Waals surface area contributed by atoms with E-state index in [0.717, 1.165) is 5.56 Å². The van der Waals surface area contributed by atoms with Crippen LogP contribution >= 0.6 is 0 Å². The molecule has 0 N–H and O–H groups in total. The van der Waals surface area contributed by atoms with Gasteiger partial charge in [0, 0.05) is 0 Å². The first-order valence-electron chi connectivity index (χ1n) is 5.39. The summed E-state index contributed by atoms with van der Waals surface area (Å²) in [5, 5.41) is 10.8. The molecule has 94 valence electrons. The fraction of sp³-hybridized carbons (Fsp3) is 0.462. The van der Waals surface area contributed by atoms with Gasteiger partial charge in [-0.3, -0.25) is 0 Å². The van der Waals surface area contributed by atoms with Crippen LogP contribution in [0.5, 0.6) is 0 Å². The molecule has 1 aromatic carbocycles. The maximum absolute atomic E-state index is 10.8. The zero-order valence-electron chi connectivity index (χ0n) is 10.5. The molecule has 1 aromatic rings. The molecule has 0 fully saturated rings. The van der Waals surface area contributed by atoms with Crippen molar-refractivity contribution >= 4 is 5.97 Å². The van der Waals surface area contributed by atoms with Crippen LogP contribution in [-0.2, 0) is 20.2 Å². The molecule has 0 aliphatic rings. The standard InChI is InChI=1S/C13H18O4/c1-12(2,10-8-6-5-7-9-10)16-17-13(3,4)11(14)15/h5-9H,1-4H3,(H,14,15)/p-1. The first kappa shape index (κ1) is 13.7. The number of rotatable bonds is 5. The van der Waals surface area contributed by atoms with Crippen molar-refractivity contribution in [2.45, 2.75) is 38.9 Å². The molecule has 0 radical (unpaired) electrons. The van der Waals surface area contributed by atoms with E-state index >= 15 is 0 Å². The smallest absolute Gasteiger partial charge is 0.137 e. The SMILES string of the molecule is CC(C)(OOC(C)(C)c1ccccc1)C(=O)[O-]. The van der Waals surface area contributed by atoms with Crippen LogP contribution in [0.25, 0.3) is 0 Å². The topological polar surface area (TPSA) is 58.6 Å². The number of hydrogen-bond acceptors (Lipinski definition) is 4. The predicted octanol–water partition coefficient (Wildman–Crippen LogP) is 1.40. The lowest BCUT2D eigenvalue weighted by Crippen LogP contribution is -2.46. The zero-order valence-corrected chi connectivity index (χ0v) is 10.5. The molecule has 1 rings (SSSR count). The number of carbonyl (C=O) groups is 1. The van der Waals surface area contributed by atoms with Gasteiger partial charge in [-0.05, 0) is 33.3 Å². The van der Waals surface area contributed by atoms with Crippen LogP contribution < -0.4 is 5.11 Å². The van der Waals surface area contributed by atoms with Crippen molar-refractivity contribution in [3.63, 3.8) is 0 Å². The Morgan fingerprint density at radius 2 is 1.59 bits per heavy atom. The van der Waals surface area contributed by atoms with Gasteiger partial charge in [-0.15, -0.1) is 0 Å². The number of carboxylic acids is 1. The van der Waals surface area contributed by atoms with Crippen molar-refractivity contribution in [1.29, 1.82) is 0 Å². The lowest BCUT2D eigenvalue weighted by Gasteiger charge is -2.31. The van der Waals surface area contributed by atoms with Gasteiger partial charge in [0.2, 0.25) is 0 Å². The molecule has 0 spiro atoms. The third-order valence-electron chi connectivity index (χ3n) is 2.42. The van der Waals surface area contributed by atoms with E-state index in [9.17, 15) is 9.90 Å². The third-order valence-corrected chi connectivity index (χ3v) is 2.42. The summed E-state index contributed by atoms with van der Waals surface area (Å²) in [5.41, 5.74) is -1.31. The minimum Gasteiger partial charge on any atom is -0.547 e. The highest BCUT2D eigenvalue weighted by Gasteiger charge is 2.28. The number of aliphatic carboxylic acids is 1. The van der Waals surface area contributed by atoms with E-state index in [-0.39, 0.29) is 0 Å². The van der Waals surface area contributed by atoms with E-state index in [1.807, 2.05) is 30.3 Å². The summed E-state index contributed by atoms with van der Waals surface area (Å²) in [6.07, 6.45) is 0. The van der Waals surface area contributed by atoms with Crippen LogP contribution in [0.3, 0.4) is 0 Å². The summed E-state index contributed by atoms with van der Waals surface area (Å²) >= 11 is 0. The molecule has 0 aromatic heterocycles. The Morgan fingerprint density at radius 1 is 1.06 bits per heavy atom. The van der Waals surface area contributed by atoms with E-state index in [1.54, 1.807) is 13.8 Å². The first-order chi connectivity index (χ1) is 7.76. The highest BCUT2D eigenvalue weighted by atomic mass is 17.2. The lowest BCUT2D eigenvalue weighted by molar-refractivity contribution is -0.419. The second-order valence-corrected chi connectivity index (χ2v) is 4.84. The van der Waals surface area contributed by atoms with Crippen molar-refractivity contribution in [2.75, 3.05) is 0 Å². The van der Waals surface area contributed by atoms with Gasteiger partial charge in [0.25, 0.3) is 0 Å². The quantitative estimate of drug-likeness (QED) is 0.573. The van der Waals surface area contributed by atoms with Gasteiger partial charge in [0.1, 0.15) is 11.2 Å². The molecular weight excluding hydrogens is 220 g/mol. The van der Waals surface area contributed by atoms with Gasteiger partial charge in [-0.1, -0.05) is 30.3 Å². The van der Waals surface area contributed by atoms with Crippen molar-refractivity contribution in [3.05, 3.63) is 35.9 Å². The number of benzene rings is 1. The summed E-state index contributed by atoms with van der Waals surface area (Å²) in [6, 6.07) is 9.42. The minimum absolute atomic E-state index is 0.728. The fourth-order valence-corrected chi connectivity index (χ4v) is 1.13. The second-order valence-electron chi connectivity index (χ2n) is 4.84. The second kappa shape index (κ2) is 4.85. The average Bonchev–Trinajstić information content (AvgIpc) is 2.28. The Labute approximate surface area is 101 Å². The zero-order chi connectivity index (χ0) is 13.1. The Morgan fingerprint density at radius 3 is 2.06 bits per heavy atom.